The summed E-state index contributed by atoms with van der Waals surface area (Å²) in [7, 11) is 1.51. The minimum Gasteiger partial charge on any atom is -0.390 e. The van der Waals surface area contributed by atoms with E-state index < -0.39 is 18.4 Å². The summed E-state index contributed by atoms with van der Waals surface area (Å²) in [5.41, 5.74) is 0. The lowest BCUT2D eigenvalue weighted by molar-refractivity contribution is -0.239. The molecule has 16 heavy (non-hydrogen) atoms. The van der Waals surface area contributed by atoms with Gasteiger partial charge in [-0.05, 0) is 6.42 Å². The van der Waals surface area contributed by atoms with Gasteiger partial charge in [-0.25, -0.2) is 0 Å². The Morgan fingerprint density at radius 3 is 2.62 bits per heavy atom. The van der Waals surface area contributed by atoms with Crippen LogP contribution in [0.15, 0.2) is 0 Å². The van der Waals surface area contributed by atoms with E-state index in [2.05, 4.69) is 5.32 Å². The highest BCUT2D eigenvalue weighted by molar-refractivity contribution is 5.73. The zero-order valence-corrected chi connectivity index (χ0v) is 10.3. The van der Waals surface area contributed by atoms with Gasteiger partial charge in [0, 0.05) is 20.0 Å². The third-order valence-electron chi connectivity index (χ3n) is 3.10. The Kier molecular flexibility index (Phi) is 4.70. The molecule has 2 N–H and O–H groups in total. The van der Waals surface area contributed by atoms with Gasteiger partial charge in [-0.1, -0.05) is 13.8 Å². The number of aliphatic hydroxyl groups is 1. The van der Waals surface area contributed by atoms with Crippen molar-refractivity contribution in [2.75, 3.05) is 7.11 Å². The Labute approximate surface area is 96.1 Å². The summed E-state index contributed by atoms with van der Waals surface area (Å²) >= 11 is 0. The predicted octanol–water partition coefficient (Wildman–Crippen LogP) is 0.269. The summed E-state index contributed by atoms with van der Waals surface area (Å²) in [6.07, 6.45) is -0.456. The molecule has 0 aromatic rings. The first-order valence-corrected chi connectivity index (χ1v) is 5.64. The van der Waals surface area contributed by atoms with Crippen LogP contribution in [0.25, 0.3) is 0 Å². The zero-order chi connectivity index (χ0) is 12.3. The SMILES string of the molecule is CC[C@@H]1OC(OC)C(NC(C)=O)C(O)[C@H]1C. The van der Waals surface area contributed by atoms with Crippen molar-refractivity contribution in [1.29, 1.82) is 0 Å². The fourth-order valence-electron chi connectivity index (χ4n) is 2.15. The Hall–Kier alpha value is -0.650. The quantitative estimate of drug-likeness (QED) is 0.731. The van der Waals surface area contributed by atoms with Crippen molar-refractivity contribution < 1.29 is 19.4 Å². The number of ether oxygens (including phenoxy) is 2. The zero-order valence-electron chi connectivity index (χ0n) is 10.3. The number of nitrogens with one attached hydrogen (secondary N) is 1. The number of rotatable bonds is 3. The molecule has 94 valence electrons. The topological polar surface area (TPSA) is 67.8 Å². The van der Waals surface area contributed by atoms with E-state index in [1.165, 1.54) is 14.0 Å². The van der Waals surface area contributed by atoms with Crippen molar-refractivity contribution in [3.05, 3.63) is 0 Å². The molecule has 1 aliphatic rings. The number of methoxy groups -OCH3 is 1. The van der Waals surface area contributed by atoms with E-state index >= 15 is 0 Å². The van der Waals surface area contributed by atoms with Crippen molar-refractivity contribution in [2.24, 2.45) is 5.92 Å². The lowest BCUT2D eigenvalue weighted by atomic mass is 9.88. The van der Waals surface area contributed by atoms with E-state index in [1.54, 1.807) is 0 Å². The molecule has 0 aliphatic carbocycles. The molecule has 1 heterocycles. The van der Waals surface area contributed by atoms with Crippen LogP contribution in [0.3, 0.4) is 0 Å². The summed E-state index contributed by atoms with van der Waals surface area (Å²) in [5, 5.41) is 12.8. The summed E-state index contributed by atoms with van der Waals surface area (Å²) in [5.74, 6) is -0.218. The van der Waals surface area contributed by atoms with Gasteiger partial charge in [-0.2, -0.15) is 0 Å². The molecule has 0 spiro atoms. The van der Waals surface area contributed by atoms with Crippen LogP contribution in [0.1, 0.15) is 27.2 Å². The molecule has 5 atom stereocenters. The summed E-state index contributed by atoms with van der Waals surface area (Å²) in [6, 6.07) is -0.500. The molecule has 0 aromatic carbocycles. The second kappa shape index (κ2) is 5.61. The van der Waals surface area contributed by atoms with Gasteiger partial charge in [0.25, 0.3) is 0 Å². The lowest BCUT2D eigenvalue weighted by Crippen LogP contribution is -2.60. The van der Waals surface area contributed by atoms with Gasteiger partial charge < -0.3 is 19.9 Å². The van der Waals surface area contributed by atoms with Gasteiger partial charge in [0.05, 0.1) is 12.2 Å². The molecule has 1 aliphatic heterocycles. The molecular formula is C11H21NO4. The van der Waals surface area contributed by atoms with Gasteiger partial charge in [0.2, 0.25) is 5.91 Å². The third-order valence-corrected chi connectivity index (χ3v) is 3.10. The fourth-order valence-corrected chi connectivity index (χ4v) is 2.15. The molecule has 0 bridgehead atoms. The number of carbonyl (C=O) groups excluding carboxylic acids is 1. The van der Waals surface area contributed by atoms with Crippen molar-refractivity contribution in [2.45, 2.75) is 51.7 Å². The van der Waals surface area contributed by atoms with Crippen LogP contribution in [0.5, 0.6) is 0 Å². The molecule has 1 saturated heterocycles. The van der Waals surface area contributed by atoms with Crippen LogP contribution in [-0.4, -0.2) is 42.7 Å². The molecule has 5 heteroatoms. The summed E-state index contributed by atoms with van der Waals surface area (Å²) in [4.78, 5) is 11.0. The minimum absolute atomic E-state index is 0.0201. The Morgan fingerprint density at radius 2 is 2.19 bits per heavy atom. The van der Waals surface area contributed by atoms with Gasteiger partial charge in [-0.15, -0.1) is 0 Å². The van der Waals surface area contributed by atoms with Crippen LogP contribution in [0.4, 0.5) is 0 Å². The van der Waals surface area contributed by atoms with Crippen LogP contribution < -0.4 is 5.32 Å². The molecular weight excluding hydrogens is 210 g/mol. The van der Waals surface area contributed by atoms with E-state index in [9.17, 15) is 9.90 Å². The number of aliphatic hydroxyl groups excluding tert-OH is 1. The van der Waals surface area contributed by atoms with Gasteiger partial charge in [0.15, 0.2) is 6.29 Å². The maximum absolute atomic E-state index is 11.0. The first kappa shape index (κ1) is 13.4. The Balaban J connectivity index is 2.77. The average molecular weight is 231 g/mol. The summed E-state index contributed by atoms with van der Waals surface area (Å²) in [6.45, 7) is 5.33. The van der Waals surface area contributed by atoms with Crippen LogP contribution >= 0.6 is 0 Å². The predicted molar refractivity (Wildman–Crippen MR) is 58.7 cm³/mol. The highest BCUT2D eigenvalue weighted by Crippen LogP contribution is 2.27. The van der Waals surface area contributed by atoms with Crippen molar-refractivity contribution in [1.82, 2.24) is 5.32 Å². The number of hydrogen-bond acceptors (Lipinski definition) is 4. The fraction of sp³-hybridized carbons (Fsp3) is 0.909. The first-order valence-electron chi connectivity index (χ1n) is 5.64. The molecule has 0 aromatic heterocycles. The van der Waals surface area contributed by atoms with Crippen LogP contribution in [0.2, 0.25) is 0 Å². The number of carbonyl (C=O) groups is 1. The van der Waals surface area contributed by atoms with Gasteiger partial charge in [-0.3, -0.25) is 4.79 Å². The molecule has 3 unspecified atom stereocenters. The van der Waals surface area contributed by atoms with Crippen molar-refractivity contribution in [3.63, 3.8) is 0 Å². The van der Waals surface area contributed by atoms with E-state index in [4.69, 9.17) is 9.47 Å². The molecule has 1 rings (SSSR count). The number of hydrogen-bond donors (Lipinski definition) is 2. The van der Waals surface area contributed by atoms with Crippen LogP contribution in [-0.2, 0) is 14.3 Å². The average Bonchev–Trinajstić information content (AvgIpc) is 2.25. The highest BCUT2D eigenvalue weighted by atomic mass is 16.7. The molecule has 1 fully saturated rings. The van der Waals surface area contributed by atoms with Crippen molar-refractivity contribution >= 4 is 5.91 Å². The maximum atomic E-state index is 11.0. The van der Waals surface area contributed by atoms with E-state index in [1.807, 2.05) is 13.8 Å². The van der Waals surface area contributed by atoms with E-state index in [0.29, 0.717) is 0 Å². The first-order chi connectivity index (χ1) is 7.51. The lowest BCUT2D eigenvalue weighted by Gasteiger charge is -2.43. The van der Waals surface area contributed by atoms with Gasteiger partial charge >= 0.3 is 0 Å². The minimum atomic E-state index is -0.646. The normalized spacial score (nSPS) is 39.4. The Bertz CT molecular complexity index is 244. The second-order valence-electron chi connectivity index (χ2n) is 4.26. The van der Waals surface area contributed by atoms with Gasteiger partial charge in [0.1, 0.15) is 6.04 Å². The molecule has 0 saturated carbocycles. The number of amides is 1. The molecule has 5 nitrogen and oxygen atoms in total. The van der Waals surface area contributed by atoms with Crippen molar-refractivity contribution in [3.8, 4) is 0 Å². The van der Waals surface area contributed by atoms with E-state index in [0.717, 1.165) is 6.42 Å². The summed E-state index contributed by atoms with van der Waals surface area (Å²) < 4.78 is 10.8. The highest BCUT2D eigenvalue weighted by Gasteiger charge is 2.42. The molecule has 0 radical (unpaired) electrons. The monoisotopic (exact) mass is 231 g/mol. The third kappa shape index (κ3) is 2.72. The van der Waals surface area contributed by atoms with E-state index in [-0.39, 0.29) is 17.9 Å². The standard InChI is InChI=1S/C11H21NO4/c1-5-8-6(2)10(14)9(12-7(3)13)11(15-4)16-8/h6,8-11,14H,5H2,1-4H3,(H,12,13)/t6-,8-,9?,10?,11?/m0/s1. The molecule has 1 amide bonds. The Morgan fingerprint density at radius 1 is 1.56 bits per heavy atom. The second-order valence-corrected chi connectivity index (χ2v) is 4.26. The maximum Gasteiger partial charge on any atom is 0.217 e. The smallest absolute Gasteiger partial charge is 0.217 e. The largest absolute Gasteiger partial charge is 0.390 e. The van der Waals surface area contributed by atoms with Crippen LogP contribution in [0, 0.1) is 5.92 Å².